The summed E-state index contributed by atoms with van der Waals surface area (Å²) in [5, 5.41) is 1.08. The molecule has 0 N–H and O–H groups in total. The molecule has 2 aromatic carbocycles. The second-order valence-electron chi connectivity index (χ2n) is 10.8. The number of unbranched alkanes of at least 4 members (excludes halogenated alkanes) is 4. The number of allylic oxidation sites excluding steroid dienone is 1. The van der Waals surface area contributed by atoms with Gasteiger partial charge in [-0.3, -0.25) is 0 Å². The molecule has 0 radical (unpaired) electrons. The van der Waals surface area contributed by atoms with Crippen LogP contribution in [-0.2, 0) is 0 Å². The highest BCUT2D eigenvalue weighted by Crippen LogP contribution is 2.49. The van der Waals surface area contributed by atoms with Gasteiger partial charge in [-0.25, -0.2) is 8.78 Å². The molecule has 2 aliphatic carbocycles. The van der Waals surface area contributed by atoms with Crippen molar-refractivity contribution in [2.24, 2.45) is 17.8 Å². The lowest BCUT2D eigenvalue weighted by molar-refractivity contribution is 0.112. The second-order valence-corrected chi connectivity index (χ2v) is 10.8. The van der Waals surface area contributed by atoms with Gasteiger partial charge in [0.1, 0.15) is 24.0 Å². The Morgan fingerprint density at radius 3 is 2.50 bits per heavy atom. The predicted octanol–water partition coefficient (Wildman–Crippen LogP) is 9.73. The molecule has 0 spiro atoms. The van der Waals surface area contributed by atoms with E-state index < -0.39 is 0 Å². The summed E-state index contributed by atoms with van der Waals surface area (Å²) >= 11 is 0. The van der Waals surface area contributed by atoms with Gasteiger partial charge in [0.2, 0.25) is 0 Å². The van der Waals surface area contributed by atoms with Crippen molar-refractivity contribution in [1.29, 1.82) is 0 Å². The minimum Gasteiger partial charge on any atom is -0.489 e. The summed E-state index contributed by atoms with van der Waals surface area (Å²) in [6.45, 7) is 4.57. The van der Waals surface area contributed by atoms with Crippen LogP contribution in [-0.4, -0.2) is 6.61 Å². The molecule has 2 aromatic rings. The third kappa shape index (κ3) is 6.20. The summed E-state index contributed by atoms with van der Waals surface area (Å²) in [6.07, 6.45) is 19.3. The number of fused-ring (bicyclic) bond motifs is 2. The summed E-state index contributed by atoms with van der Waals surface area (Å²) in [6, 6.07) is 6.46. The molecule has 0 heterocycles. The molecule has 186 valence electrons. The Hall–Kier alpha value is -1.90. The number of halogens is 2. The molecular formula is C31H42F2O. The Kier molecular flexibility index (Phi) is 9.03. The zero-order valence-electron chi connectivity index (χ0n) is 21.1. The summed E-state index contributed by atoms with van der Waals surface area (Å²) < 4.78 is 35.7. The number of ether oxygens (including phenoxy) is 1. The molecule has 0 aromatic heterocycles. The minimum atomic E-state index is -0.331. The van der Waals surface area contributed by atoms with Gasteiger partial charge in [0.15, 0.2) is 0 Å². The average Bonchev–Trinajstić information content (AvgIpc) is 2.83. The molecule has 34 heavy (non-hydrogen) atoms. The Labute approximate surface area is 205 Å². The second kappa shape index (κ2) is 12.2. The lowest BCUT2D eigenvalue weighted by Gasteiger charge is -2.42. The molecule has 2 aliphatic rings. The summed E-state index contributed by atoms with van der Waals surface area (Å²) in [4.78, 5) is 0. The first-order valence-corrected chi connectivity index (χ1v) is 13.8. The van der Waals surface area contributed by atoms with Crippen molar-refractivity contribution in [3.63, 3.8) is 0 Å². The normalized spacial score (nSPS) is 25.1. The summed E-state index contributed by atoms with van der Waals surface area (Å²) in [5.74, 6) is 2.54. The topological polar surface area (TPSA) is 9.23 Å². The van der Waals surface area contributed by atoms with Gasteiger partial charge in [0.05, 0.1) is 0 Å². The van der Waals surface area contributed by atoms with E-state index in [-0.39, 0.29) is 17.6 Å². The summed E-state index contributed by atoms with van der Waals surface area (Å²) in [7, 11) is 0. The molecule has 0 aliphatic heterocycles. The van der Waals surface area contributed by atoms with E-state index in [2.05, 4.69) is 6.92 Å². The zero-order valence-corrected chi connectivity index (χ0v) is 21.1. The third-order valence-corrected chi connectivity index (χ3v) is 8.45. The largest absolute Gasteiger partial charge is 0.489 e. The lowest BCUT2D eigenvalue weighted by Crippen LogP contribution is -2.30. The molecule has 2 fully saturated rings. The van der Waals surface area contributed by atoms with Crippen molar-refractivity contribution in [1.82, 2.24) is 0 Å². The first kappa shape index (κ1) is 25.2. The first-order chi connectivity index (χ1) is 16.6. The maximum atomic E-state index is 15.2. The lowest BCUT2D eigenvalue weighted by atomic mass is 9.63. The quantitative estimate of drug-likeness (QED) is 0.249. The van der Waals surface area contributed by atoms with Crippen LogP contribution in [0.4, 0.5) is 8.78 Å². The molecular weight excluding hydrogens is 426 g/mol. The highest BCUT2D eigenvalue weighted by atomic mass is 19.1. The smallest absolute Gasteiger partial charge is 0.134 e. The van der Waals surface area contributed by atoms with Crippen LogP contribution in [0.2, 0.25) is 0 Å². The van der Waals surface area contributed by atoms with Crippen LogP contribution in [0.3, 0.4) is 0 Å². The first-order valence-electron chi connectivity index (χ1n) is 13.8. The van der Waals surface area contributed by atoms with E-state index in [4.69, 9.17) is 4.74 Å². The predicted molar refractivity (Wildman–Crippen MR) is 138 cm³/mol. The number of rotatable bonds is 10. The Morgan fingerprint density at radius 2 is 1.68 bits per heavy atom. The van der Waals surface area contributed by atoms with E-state index in [1.165, 1.54) is 76.3 Å². The fraction of sp³-hybridized carbons (Fsp3) is 0.613. The van der Waals surface area contributed by atoms with Crippen LogP contribution in [0.15, 0.2) is 36.4 Å². The van der Waals surface area contributed by atoms with Crippen LogP contribution in [0, 0.1) is 29.4 Å². The van der Waals surface area contributed by atoms with Gasteiger partial charge in [0, 0.05) is 11.5 Å². The molecule has 4 atom stereocenters. The van der Waals surface area contributed by atoms with Crippen molar-refractivity contribution in [3.05, 3.63) is 53.6 Å². The third-order valence-electron chi connectivity index (χ3n) is 8.45. The van der Waals surface area contributed by atoms with Crippen molar-refractivity contribution >= 4 is 10.8 Å². The maximum Gasteiger partial charge on any atom is 0.134 e. The van der Waals surface area contributed by atoms with Gasteiger partial charge in [-0.2, -0.15) is 0 Å². The van der Waals surface area contributed by atoms with E-state index in [1.54, 1.807) is 12.1 Å². The summed E-state index contributed by atoms with van der Waals surface area (Å²) in [5.41, 5.74) is 0.713. The number of hydrogen-bond acceptors (Lipinski definition) is 1. The van der Waals surface area contributed by atoms with Crippen LogP contribution in [0.25, 0.3) is 10.8 Å². The van der Waals surface area contributed by atoms with Gasteiger partial charge in [-0.05, 0) is 91.8 Å². The van der Waals surface area contributed by atoms with E-state index in [0.29, 0.717) is 34.6 Å². The molecule has 4 rings (SSSR count). The van der Waals surface area contributed by atoms with Crippen molar-refractivity contribution in [2.45, 2.75) is 96.8 Å². The fourth-order valence-electron chi connectivity index (χ4n) is 6.53. The standard InChI is InChI=1S/C31H42F2O/c1-3-5-7-8-9-10-22-11-12-24-17-25(14-13-23(24)16-22)28-21-29-26(19-30(28)32)18-27(20-31(29)33)34-15-6-4-2/h4,6,18-25H,3,5,7-17H2,1-2H3. The Bertz CT molecular complexity index is 966. The van der Waals surface area contributed by atoms with Gasteiger partial charge in [-0.15, -0.1) is 0 Å². The average molecular weight is 469 g/mol. The monoisotopic (exact) mass is 468 g/mol. The number of benzene rings is 2. The Balaban J connectivity index is 1.38. The van der Waals surface area contributed by atoms with Crippen molar-refractivity contribution in [2.75, 3.05) is 6.61 Å². The van der Waals surface area contributed by atoms with E-state index in [1.807, 2.05) is 19.1 Å². The van der Waals surface area contributed by atoms with Crippen molar-refractivity contribution < 1.29 is 13.5 Å². The molecule has 3 heteroatoms. The van der Waals surface area contributed by atoms with E-state index in [0.717, 1.165) is 24.7 Å². The van der Waals surface area contributed by atoms with Crippen molar-refractivity contribution in [3.8, 4) is 5.75 Å². The molecule has 0 amide bonds. The minimum absolute atomic E-state index is 0.193. The molecule has 4 unspecified atom stereocenters. The molecule has 1 nitrogen and oxygen atoms in total. The Morgan fingerprint density at radius 1 is 0.882 bits per heavy atom. The maximum absolute atomic E-state index is 15.2. The highest BCUT2D eigenvalue weighted by Gasteiger charge is 2.36. The van der Waals surface area contributed by atoms with Crippen LogP contribution in [0.5, 0.6) is 5.75 Å². The molecule has 0 saturated heterocycles. The fourth-order valence-corrected chi connectivity index (χ4v) is 6.53. The molecule has 2 saturated carbocycles. The number of hydrogen-bond donors (Lipinski definition) is 0. The van der Waals surface area contributed by atoms with Gasteiger partial charge < -0.3 is 4.74 Å². The van der Waals surface area contributed by atoms with Gasteiger partial charge >= 0.3 is 0 Å². The van der Waals surface area contributed by atoms with Crippen LogP contribution >= 0.6 is 0 Å². The SMILES string of the molecule is CC=CCOc1cc(F)c2cc(C3CCC4CC(CCCCCCC)CCC4C3)c(F)cc2c1. The highest BCUT2D eigenvalue weighted by molar-refractivity contribution is 5.85. The van der Waals surface area contributed by atoms with Gasteiger partial charge in [0.25, 0.3) is 0 Å². The van der Waals surface area contributed by atoms with E-state index in [9.17, 15) is 4.39 Å². The van der Waals surface area contributed by atoms with Crippen LogP contribution < -0.4 is 4.74 Å². The molecule has 0 bridgehead atoms. The zero-order chi connectivity index (χ0) is 23.9. The van der Waals surface area contributed by atoms with Crippen LogP contribution in [0.1, 0.15) is 102 Å². The van der Waals surface area contributed by atoms with Gasteiger partial charge in [-0.1, -0.05) is 64.0 Å². The van der Waals surface area contributed by atoms with E-state index >= 15 is 4.39 Å².